The third-order valence-electron chi connectivity index (χ3n) is 3.30. The minimum atomic E-state index is -2.89. The molecule has 2 N–H and O–H groups in total. The third-order valence-corrected chi connectivity index (χ3v) is 5.02. The van der Waals surface area contributed by atoms with Gasteiger partial charge in [-0.3, -0.25) is 4.90 Å². The molecule has 1 heterocycles. The molecule has 0 radical (unpaired) electrons. The molecule has 7 heteroatoms. The van der Waals surface area contributed by atoms with Gasteiger partial charge in [0.2, 0.25) is 0 Å². The molecule has 0 amide bonds. The van der Waals surface area contributed by atoms with E-state index in [1.54, 1.807) is 18.2 Å². The van der Waals surface area contributed by atoms with Gasteiger partial charge in [-0.25, -0.2) is 8.42 Å². The highest BCUT2D eigenvalue weighted by Crippen LogP contribution is 2.09. The van der Waals surface area contributed by atoms with E-state index >= 15 is 0 Å². The molecule has 19 heavy (non-hydrogen) atoms. The molecule has 104 valence electrons. The van der Waals surface area contributed by atoms with Gasteiger partial charge in [0.25, 0.3) is 0 Å². The van der Waals surface area contributed by atoms with Crippen molar-refractivity contribution in [2.24, 2.45) is 0 Å². The van der Waals surface area contributed by atoms with Gasteiger partial charge in [0, 0.05) is 13.1 Å². The highest BCUT2D eigenvalue weighted by Gasteiger charge is 2.19. The van der Waals surface area contributed by atoms with Crippen molar-refractivity contribution in [1.29, 1.82) is 0 Å². The summed E-state index contributed by atoms with van der Waals surface area (Å²) in [6.07, 6.45) is 0.657. The first kappa shape index (κ1) is 14.5. The second-order valence-corrected chi connectivity index (χ2v) is 7.20. The number of sulfone groups is 1. The third kappa shape index (κ3) is 4.31. The predicted octanol–water partition coefficient (Wildman–Crippen LogP) is -1.01. The maximum absolute atomic E-state index is 11.5. The van der Waals surface area contributed by atoms with Crippen LogP contribution in [0.1, 0.15) is 12.0 Å². The molecule has 1 aliphatic rings. The van der Waals surface area contributed by atoms with Crippen LogP contribution in [0.3, 0.4) is 0 Å². The number of benzene rings is 1. The number of hydrogen-bond acceptors (Lipinski definition) is 5. The van der Waals surface area contributed by atoms with Crippen molar-refractivity contribution >= 4 is 22.4 Å². The first-order valence-electron chi connectivity index (χ1n) is 6.34. The molecule has 5 nitrogen and oxygen atoms in total. The van der Waals surface area contributed by atoms with Crippen LogP contribution in [0.15, 0.2) is 24.3 Å². The maximum Gasteiger partial charge on any atom is 0.488 e. The van der Waals surface area contributed by atoms with Gasteiger partial charge in [-0.15, -0.1) is 0 Å². The SMILES string of the molecule is O=S1(=O)CCCN(Cc2cccc(B(O)O)c2)CC1. The average Bonchev–Trinajstić information content (AvgIpc) is 2.51. The van der Waals surface area contributed by atoms with Crippen molar-refractivity contribution in [3.05, 3.63) is 29.8 Å². The summed E-state index contributed by atoms with van der Waals surface area (Å²) in [6, 6.07) is 7.08. The molecule has 0 bridgehead atoms. The molecule has 0 saturated carbocycles. The van der Waals surface area contributed by atoms with Crippen LogP contribution < -0.4 is 5.46 Å². The summed E-state index contributed by atoms with van der Waals surface area (Å²) < 4.78 is 23.0. The van der Waals surface area contributed by atoms with Crippen LogP contribution in [-0.4, -0.2) is 55.1 Å². The van der Waals surface area contributed by atoms with E-state index in [2.05, 4.69) is 4.90 Å². The molecule has 1 aliphatic heterocycles. The lowest BCUT2D eigenvalue weighted by atomic mass is 9.79. The second kappa shape index (κ2) is 6.05. The minimum absolute atomic E-state index is 0.204. The zero-order chi connectivity index (χ0) is 13.9. The van der Waals surface area contributed by atoms with Crippen molar-refractivity contribution in [3.8, 4) is 0 Å². The quantitative estimate of drug-likeness (QED) is 0.695. The second-order valence-electron chi connectivity index (χ2n) is 4.90. The van der Waals surface area contributed by atoms with Gasteiger partial charge < -0.3 is 10.0 Å². The molecule has 1 aromatic carbocycles. The van der Waals surface area contributed by atoms with Crippen molar-refractivity contribution in [2.75, 3.05) is 24.6 Å². The average molecular weight is 283 g/mol. The normalized spacial score (nSPS) is 19.9. The lowest BCUT2D eigenvalue weighted by molar-refractivity contribution is 0.287. The van der Waals surface area contributed by atoms with E-state index in [0.717, 1.165) is 12.1 Å². The molecule has 0 atom stereocenters. The van der Waals surface area contributed by atoms with E-state index in [4.69, 9.17) is 10.0 Å². The van der Waals surface area contributed by atoms with Crippen molar-refractivity contribution in [2.45, 2.75) is 13.0 Å². The summed E-state index contributed by atoms with van der Waals surface area (Å²) in [5.74, 6) is 0.466. The Morgan fingerprint density at radius 3 is 2.74 bits per heavy atom. The van der Waals surface area contributed by atoms with Crippen LogP contribution in [0, 0.1) is 0 Å². The predicted molar refractivity (Wildman–Crippen MR) is 74.8 cm³/mol. The molecule has 0 spiro atoms. The zero-order valence-electron chi connectivity index (χ0n) is 10.7. The van der Waals surface area contributed by atoms with E-state index in [9.17, 15) is 8.42 Å². The minimum Gasteiger partial charge on any atom is -0.423 e. The van der Waals surface area contributed by atoms with Gasteiger partial charge in [-0.2, -0.15) is 0 Å². The fourth-order valence-corrected chi connectivity index (χ4v) is 3.57. The van der Waals surface area contributed by atoms with Crippen LogP contribution in [0.4, 0.5) is 0 Å². The summed E-state index contributed by atoms with van der Waals surface area (Å²) in [5, 5.41) is 18.3. The summed E-state index contributed by atoms with van der Waals surface area (Å²) in [4.78, 5) is 2.09. The van der Waals surface area contributed by atoms with Crippen LogP contribution >= 0.6 is 0 Å². The first-order chi connectivity index (χ1) is 8.96. The van der Waals surface area contributed by atoms with Gasteiger partial charge in [-0.05, 0) is 24.0 Å². The van der Waals surface area contributed by atoms with Gasteiger partial charge in [0.05, 0.1) is 11.5 Å². The van der Waals surface area contributed by atoms with Crippen molar-refractivity contribution < 1.29 is 18.5 Å². The van der Waals surface area contributed by atoms with E-state index in [1.165, 1.54) is 0 Å². The monoisotopic (exact) mass is 283 g/mol. The molecule has 1 aromatic rings. The zero-order valence-corrected chi connectivity index (χ0v) is 11.5. The van der Waals surface area contributed by atoms with E-state index in [1.807, 2.05) is 6.07 Å². The Balaban J connectivity index is 2.03. The van der Waals surface area contributed by atoms with Crippen molar-refractivity contribution in [3.63, 3.8) is 0 Å². The Hall–Kier alpha value is -0.885. The highest BCUT2D eigenvalue weighted by molar-refractivity contribution is 7.91. The Morgan fingerprint density at radius 1 is 1.21 bits per heavy atom. The topological polar surface area (TPSA) is 77.8 Å². The van der Waals surface area contributed by atoms with Gasteiger partial charge >= 0.3 is 7.12 Å². The van der Waals surface area contributed by atoms with Crippen molar-refractivity contribution in [1.82, 2.24) is 4.90 Å². The van der Waals surface area contributed by atoms with E-state index < -0.39 is 17.0 Å². The highest BCUT2D eigenvalue weighted by atomic mass is 32.2. The molecule has 2 rings (SSSR count). The van der Waals surface area contributed by atoms with Gasteiger partial charge in [0.15, 0.2) is 9.84 Å². The summed E-state index contributed by atoms with van der Waals surface area (Å²) in [7, 11) is -4.36. The van der Waals surface area contributed by atoms with Crippen LogP contribution in [0.5, 0.6) is 0 Å². The molecule has 0 unspecified atom stereocenters. The molecule has 0 aromatic heterocycles. The van der Waals surface area contributed by atoms with E-state index in [0.29, 0.717) is 25.0 Å². The Bertz CT molecular complexity index is 532. The summed E-state index contributed by atoms with van der Waals surface area (Å²) >= 11 is 0. The maximum atomic E-state index is 11.5. The summed E-state index contributed by atoms with van der Waals surface area (Å²) in [6.45, 7) is 1.93. The Morgan fingerprint density at radius 2 is 2.00 bits per heavy atom. The largest absolute Gasteiger partial charge is 0.488 e. The molecule has 1 fully saturated rings. The molecule has 0 aliphatic carbocycles. The van der Waals surface area contributed by atoms with Crippen LogP contribution in [0.25, 0.3) is 0 Å². The lowest BCUT2D eigenvalue weighted by Gasteiger charge is -2.19. The molecular formula is C12H18BNO4S. The Labute approximate surface area is 113 Å². The molecule has 1 saturated heterocycles. The first-order valence-corrected chi connectivity index (χ1v) is 8.16. The fourth-order valence-electron chi connectivity index (χ4n) is 2.26. The molecular weight excluding hydrogens is 265 g/mol. The standard InChI is InChI=1S/C12H18BNO4S/c15-13(16)12-4-1-3-11(9-12)10-14-5-2-7-19(17,18)8-6-14/h1,3-4,9,15-16H,2,5-8,10H2. The van der Waals surface area contributed by atoms with E-state index in [-0.39, 0.29) is 11.5 Å². The Kier molecular flexibility index (Phi) is 4.62. The lowest BCUT2D eigenvalue weighted by Crippen LogP contribution is -2.31. The smallest absolute Gasteiger partial charge is 0.423 e. The fraction of sp³-hybridized carbons (Fsp3) is 0.500. The van der Waals surface area contributed by atoms with Gasteiger partial charge in [-0.1, -0.05) is 24.3 Å². The van der Waals surface area contributed by atoms with Crippen LogP contribution in [-0.2, 0) is 16.4 Å². The van der Waals surface area contributed by atoms with Gasteiger partial charge in [0.1, 0.15) is 0 Å². The summed E-state index contributed by atoms with van der Waals surface area (Å²) in [5.41, 5.74) is 1.42. The number of nitrogens with zero attached hydrogens (tertiary/aromatic N) is 1. The number of rotatable bonds is 3. The van der Waals surface area contributed by atoms with Crippen LogP contribution in [0.2, 0.25) is 0 Å². The number of hydrogen-bond donors (Lipinski definition) is 2.